The van der Waals surface area contributed by atoms with E-state index in [1.165, 1.54) is 12.8 Å². The molecule has 0 unspecified atom stereocenters. The van der Waals surface area contributed by atoms with Gasteiger partial charge in [-0.1, -0.05) is 17.3 Å². The molecule has 0 radical (unpaired) electrons. The number of nitrogens with zero attached hydrogens (tertiary/aromatic N) is 6. The fourth-order valence-electron chi connectivity index (χ4n) is 3.21. The first-order chi connectivity index (χ1) is 12.2. The van der Waals surface area contributed by atoms with Gasteiger partial charge in [-0.05, 0) is 32.0 Å². The minimum atomic E-state index is 0.173. The average molecular weight is 336 g/mol. The van der Waals surface area contributed by atoms with Crippen LogP contribution in [0.1, 0.15) is 18.7 Å². The fourth-order valence-corrected chi connectivity index (χ4v) is 3.21. The van der Waals surface area contributed by atoms with Crippen molar-refractivity contribution in [2.45, 2.75) is 19.3 Å². The van der Waals surface area contributed by atoms with E-state index in [4.69, 9.17) is 0 Å². The Balaban J connectivity index is 1.54. The van der Waals surface area contributed by atoms with Gasteiger partial charge in [-0.3, -0.25) is 14.4 Å². The average Bonchev–Trinajstić information content (AvgIpc) is 3.26. The summed E-state index contributed by atoms with van der Waals surface area (Å²) in [5.74, 6) is 0.749. The molecule has 1 fully saturated rings. The molecule has 7 heteroatoms. The quantitative estimate of drug-likeness (QED) is 0.705. The van der Waals surface area contributed by atoms with Gasteiger partial charge in [0, 0.05) is 24.2 Å². The lowest BCUT2D eigenvalue weighted by molar-refractivity contribution is -0.119. The Kier molecular flexibility index (Phi) is 4.23. The van der Waals surface area contributed by atoms with Crippen molar-refractivity contribution >= 4 is 16.7 Å². The minimum absolute atomic E-state index is 0.173. The normalized spacial score (nSPS) is 15.1. The number of hydrogen-bond acceptors (Lipinski definition) is 6. The van der Waals surface area contributed by atoms with E-state index >= 15 is 0 Å². The first-order valence-corrected chi connectivity index (χ1v) is 8.54. The molecule has 1 saturated heterocycles. The Morgan fingerprint density at radius 2 is 2.08 bits per heavy atom. The van der Waals surface area contributed by atoms with Crippen molar-refractivity contribution in [3.63, 3.8) is 0 Å². The number of ketones is 1. The van der Waals surface area contributed by atoms with Crippen LogP contribution >= 0.6 is 0 Å². The number of carbonyl (C=O) groups excluding carboxylic acids is 1. The molecule has 1 aromatic carbocycles. The molecule has 0 amide bonds. The number of likely N-dealkylation sites (tertiary alicyclic amines) is 1. The van der Waals surface area contributed by atoms with Crippen molar-refractivity contribution < 1.29 is 4.79 Å². The van der Waals surface area contributed by atoms with E-state index in [1.807, 2.05) is 31.4 Å². The Morgan fingerprint density at radius 3 is 2.84 bits per heavy atom. The number of rotatable bonds is 5. The molecular formula is C18H20N6O. The third-order valence-corrected chi connectivity index (χ3v) is 4.48. The Hall–Kier alpha value is -2.67. The second-order valence-electron chi connectivity index (χ2n) is 6.54. The fraction of sp³-hybridized carbons (Fsp3) is 0.389. The highest BCUT2D eigenvalue weighted by Crippen LogP contribution is 2.21. The summed E-state index contributed by atoms with van der Waals surface area (Å²) >= 11 is 0. The maximum atomic E-state index is 12.3. The van der Waals surface area contributed by atoms with E-state index < -0.39 is 0 Å². The molecule has 1 aliphatic heterocycles. The summed E-state index contributed by atoms with van der Waals surface area (Å²) in [5.41, 5.74) is 2.57. The molecule has 0 aliphatic carbocycles. The van der Waals surface area contributed by atoms with Gasteiger partial charge >= 0.3 is 0 Å². The van der Waals surface area contributed by atoms with Gasteiger partial charge in [0.05, 0.1) is 24.7 Å². The van der Waals surface area contributed by atoms with Gasteiger partial charge in [-0.15, -0.1) is 5.10 Å². The van der Waals surface area contributed by atoms with Crippen molar-refractivity contribution in [2.75, 3.05) is 19.6 Å². The molecule has 3 heterocycles. The molecule has 1 aliphatic rings. The second-order valence-corrected chi connectivity index (χ2v) is 6.54. The predicted molar refractivity (Wildman–Crippen MR) is 93.9 cm³/mol. The van der Waals surface area contributed by atoms with Crippen molar-refractivity contribution in [3.05, 3.63) is 36.4 Å². The van der Waals surface area contributed by atoms with E-state index in [-0.39, 0.29) is 12.2 Å². The Morgan fingerprint density at radius 1 is 1.24 bits per heavy atom. The van der Waals surface area contributed by atoms with Crippen LogP contribution < -0.4 is 0 Å². The second kappa shape index (κ2) is 6.68. The van der Waals surface area contributed by atoms with E-state index in [1.54, 1.807) is 10.9 Å². The van der Waals surface area contributed by atoms with Gasteiger partial charge in [0.25, 0.3) is 0 Å². The molecule has 0 N–H and O–H groups in total. The van der Waals surface area contributed by atoms with E-state index in [0.29, 0.717) is 12.4 Å². The van der Waals surface area contributed by atoms with Gasteiger partial charge in [0.1, 0.15) is 11.5 Å². The molecule has 4 rings (SSSR count). The van der Waals surface area contributed by atoms with E-state index in [0.717, 1.165) is 35.2 Å². The SMILES string of the molecule is Cn1cc(-c2ccc3cnc(CC(=O)CN4CCCC4)nc3c2)nn1. The van der Waals surface area contributed by atoms with Gasteiger partial charge in [0.2, 0.25) is 0 Å². The third-order valence-electron chi connectivity index (χ3n) is 4.48. The summed E-state index contributed by atoms with van der Waals surface area (Å²) in [5, 5.41) is 9.04. The molecule has 25 heavy (non-hydrogen) atoms. The topological polar surface area (TPSA) is 76.8 Å². The highest BCUT2D eigenvalue weighted by Gasteiger charge is 2.16. The van der Waals surface area contributed by atoms with E-state index in [9.17, 15) is 4.79 Å². The van der Waals surface area contributed by atoms with Crippen LogP contribution in [0.25, 0.3) is 22.2 Å². The molecule has 128 valence electrons. The van der Waals surface area contributed by atoms with Gasteiger partial charge in [-0.25, -0.2) is 9.97 Å². The maximum Gasteiger partial charge on any atom is 0.154 e. The highest BCUT2D eigenvalue weighted by molar-refractivity contribution is 5.85. The maximum absolute atomic E-state index is 12.3. The van der Waals surface area contributed by atoms with Crippen LogP contribution in [-0.2, 0) is 18.3 Å². The zero-order chi connectivity index (χ0) is 17.2. The lowest BCUT2D eigenvalue weighted by atomic mass is 10.1. The minimum Gasteiger partial charge on any atom is -0.298 e. The van der Waals surface area contributed by atoms with Crippen molar-refractivity contribution in [1.29, 1.82) is 0 Å². The molecule has 3 aromatic rings. The Labute approximate surface area is 145 Å². The highest BCUT2D eigenvalue weighted by atomic mass is 16.1. The molecule has 2 aromatic heterocycles. The number of benzene rings is 1. The third kappa shape index (κ3) is 3.56. The lowest BCUT2D eigenvalue weighted by Crippen LogP contribution is -2.28. The van der Waals surface area contributed by atoms with Crippen molar-refractivity contribution in [3.8, 4) is 11.3 Å². The molecular weight excluding hydrogens is 316 g/mol. The Bertz CT molecular complexity index is 913. The number of aryl methyl sites for hydroxylation is 1. The zero-order valence-electron chi connectivity index (χ0n) is 14.2. The van der Waals surface area contributed by atoms with Crippen LogP contribution in [0.2, 0.25) is 0 Å². The van der Waals surface area contributed by atoms with Crippen molar-refractivity contribution in [2.24, 2.45) is 7.05 Å². The molecule has 0 spiro atoms. The standard InChI is InChI=1S/C18H20N6O/c1-23-12-17(21-22-23)13-4-5-14-10-19-18(20-16(14)8-13)9-15(25)11-24-6-2-3-7-24/h4-5,8,10,12H,2-3,6-7,9,11H2,1H3. The van der Waals surface area contributed by atoms with Crippen LogP contribution in [0.3, 0.4) is 0 Å². The monoisotopic (exact) mass is 336 g/mol. The number of Topliss-reactive ketones (excluding diaryl/α,β-unsaturated/α-hetero) is 1. The van der Waals surface area contributed by atoms with Crippen LogP contribution in [0.4, 0.5) is 0 Å². The largest absolute Gasteiger partial charge is 0.298 e. The smallest absolute Gasteiger partial charge is 0.154 e. The number of hydrogen-bond donors (Lipinski definition) is 0. The summed E-state index contributed by atoms with van der Waals surface area (Å²) in [6.07, 6.45) is 6.29. The van der Waals surface area contributed by atoms with Gasteiger partial charge < -0.3 is 0 Å². The summed E-state index contributed by atoms with van der Waals surface area (Å²) in [4.78, 5) is 23.4. The summed E-state index contributed by atoms with van der Waals surface area (Å²) < 4.78 is 1.67. The summed E-state index contributed by atoms with van der Waals surface area (Å²) in [6, 6.07) is 5.92. The first kappa shape index (κ1) is 15.8. The summed E-state index contributed by atoms with van der Waals surface area (Å²) in [7, 11) is 1.84. The lowest BCUT2D eigenvalue weighted by Gasteiger charge is -2.12. The molecule has 7 nitrogen and oxygen atoms in total. The molecule has 0 saturated carbocycles. The van der Waals surface area contributed by atoms with E-state index in [2.05, 4.69) is 25.2 Å². The van der Waals surface area contributed by atoms with Crippen LogP contribution in [0.15, 0.2) is 30.6 Å². The summed E-state index contributed by atoms with van der Waals surface area (Å²) in [6.45, 7) is 2.54. The van der Waals surface area contributed by atoms with Crippen LogP contribution in [-0.4, -0.2) is 55.3 Å². The number of carbonyl (C=O) groups is 1. The van der Waals surface area contributed by atoms with Gasteiger partial charge in [0.15, 0.2) is 5.78 Å². The molecule has 0 atom stereocenters. The van der Waals surface area contributed by atoms with Gasteiger partial charge in [-0.2, -0.15) is 0 Å². The molecule has 0 bridgehead atoms. The zero-order valence-corrected chi connectivity index (χ0v) is 14.2. The van der Waals surface area contributed by atoms with Crippen LogP contribution in [0, 0.1) is 0 Å². The predicted octanol–water partition coefficient (Wildman–Crippen LogP) is 1.63. The number of aromatic nitrogens is 5. The van der Waals surface area contributed by atoms with Crippen LogP contribution in [0.5, 0.6) is 0 Å². The number of fused-ring (bicyclic) bond motifs is 1. The first-order valence-electron chi connectivity index (χ1n) is 8.54. The van der Waals surface area contributed by atoms with Crippen molar-refractivity contribution in [1.82, 2.24) is 29.9 Å².